The van der Waals surface area contributed by atoms with Crippen molar-refractivity contribution in [1.82, 2.24) is 0 Å². The Balaban J connectivity index is 1.39. The van der Waals surface area contributed by atoms with Crippen molar-refractivity contribution in [1.29, 1.82) is 0 Å². The summed E-state index contributed by atoms with van der Waals surface area (Å²) in [7, 11) is 1.36. The Hall–Kier alpha value is -3.64. The zero-order chi connectivity index (χ0) is 23.5. The monoisotopic (exact) mass is 448 g/mol. The third kappa shape index (κ3) is 7.77. The number of carbonyl (C=O) groups is 2. The van der Waals surface area contributed by atoms with Crippen LogP contribution in [0.15, 0.2) is 78.9 Å². The van der Waals surface area contributed by atoms with Crippen molar-refractivity contribution in [3.63, 3.8) is 0 Å². The molecule has 3 aromatic rings. The van der Waals surface area contributed by atoms with Crippen LogP contribution in [0.1, 0.15) is 35.2 Å². The number of para-hydroxylation sites is 1. The first-order valence-electron chi connectivity index (χ1n) is 10.9. The highest BCUT2D eigenvalue weighted by molar-refractivity contribution is 5.96. The summed E-state index contributed by atoms with van der Waals surface area (Å²) in [5.41, 5.74) is 1.35. The molecule has 0 unspecified atom stereocenters. The van der Waals surface area contributed by atoms with Crippen molar-refractivity contribution < 1.29 is 28.9 Å². The molecule has 0 aromatic heterocycles. The summed E-state index contributed by atoms with van der Waals surface area (Å²) in [6.07, 6.45) is 1.15. The van der Waals surface area contributed by atoms with Gasteiger partial charge in [-0.3, -0.25) is 4.79 Å². The minimum absolute atomic E-state index is 0.0311. The number of carboxylic acid groups (broad SMARTS) is 1. The molecule has 0 spiro atoms. The van der Waals surface area contributed by atoms with Gasteiger partial charge < -0.3 is 19.3 Å². The fourth-order valence-electron chi connectivity index (χ4n) is 3.31. The number of unbranched alkanes of at least 4 members (excludes halogenated alkanes) is 1. The molecule has 6 heteroatoms. The highest BCUT2D eigenvalue weighted by atomic mass is 16.5. The first-order chi connectivity index (χ1) is 16.0. The molecule has 1 N–H and O–H groups in total. The summed E-state index contributed by atoms with van der Waals surface area (Å²) in [6.45, 7) is 0.514. The van der Waals surface area contributed by atoms with Crippen LogP contribution < -0.4 is 9.47 Å². The molecule has 0 radical (unpaired) electrons. The van der Waals surface area contributed by atoms with Gasteiger partial charge in [-0.25, -0.2) is 4.79 Å². The Labute approximate surface area is 193 Å². The summed E-state index contributed by atoms with van der Waals surface area (Å²) >= 11 is 0. The molecule has 0 aliphatic carbocycles. The molecule has 172 valence electrons. The predicted molar refractivity (Wildman–Crippen MR) is 125 cm³/mol. The highest BCUT2D eigenvalue weighted by Crippen LogP contribution is 2.23. The Bertz CT molecular complexity index is 1030. The second-order valence-electron chi connectivity index (χ2n) is 7.58. The number of hydrogen-bond donors (Lipinski definition) is 1. The first kappa shape index (κ1) is 24.0. The van der Waals surface area contributed by atoms with Crippen molar-refractivity contribution in [3.8, 4) is 17.2 Å². The Morgan fingerprint density at radius 3 is 2.24 bits per heavy atom. The van der Waals surface area contributed by atoms with Crippen LogP contribution in [-0.4, -0.2) is 36.7 Å². The lowest BCUT2D eigenvalue weighted by atomic mass is 10.0. The number of ether oxygens (including phenoxy) is 3. The summed E-state index contributed by atoms with van der Waals surface area (Å²) in [5, 5.41) is 9.13. The Morgan fingerprint density at radius 1 is 0.848 bits per heavy atom. The number of Topliss-reactive ketones (excluding diaryl/α,β-unsaturated/α-hetero) is 1. The SMILES string of the molecule is CO[C@@H](Cc1cccc(C(=O)CCCCOc2ccc(Oc3ccccc3)cc2)c1)C(=O)O. The van der Waals surface area contributed by atoms with E-state index in [2.05, 4.69) is 0 Å². The maximum absolute atomic E-state index is 12.5. The molecule has 0 aliphatic rings. The van der Waals surface area contributed by atoms with E-state index < -0.39 is 12.1 Å². The van der Waals surface area contributed by atoms with Crippen LogP contribution >= 0.6 is 0 Å². The predicted octanol–water partition coefficient (Wildman–Crippen LogP) is 5.55. The maximum atomic E-state index is 12.5. The lowest BCUT2D eigenvalue weighted by Gasteiger charge is -2.11. The van der Waals surface area contributed by atoms with E-state index in [4.69, 9.17) is 19.3 Å². The van der Waals surface area contributed by atoms with Gasteiger partial charge in [0.25, 0.3) is 0 Å². The van der Waals surface area contributed by atoms with Crippen LogP contribution in [0.4, 0.5) is 0 Å². The van der Waals surface area contributed by atoms with Crippen LogP contribution in [0.3, 0.4) is 0 Å². The summed E-state index contributed by atoms with van der Waals surface area (Å²) < 4.78 is 16.5. The lowest BCUT2D eigenvalue weighted by molar-refractivity contribution is -0.148. The molecule has 1 atom stereocenters. The average molecular weight is 449 g/mol. The summed E-state index contributed by atoms with van der Waals surface area (Å²) in [6, 6.07) is 24.1. The second kappa shape index (κ2) is 12.4. The topological polar surface area (TPSA) is 82.1 Å². The quantitative estimate of drug-likeness (QED) is 0.273. The van der Waals surface area contributed by atoms with E-state index in [0.717, 1.165) is 29.2 Å². The summed E-state index contributed by atoms with van der Waals surface area (Å²) in [4.78, 5) is 23.6. The molecule has 6 nitrogen and oxygen atoms in total. The van der Waals surface area contributed by atoms with E-state index in [1.807, 2.05) is 54.6 Å². The van der Waals surface area contributed by atoms with Crippen molar-refractivity contribution in [3.05, 3.63) is 90.0 Å². The van der Waals surface area contributed by atoms with Gasteiger partial charge >= 0.3 is 5.97 Å². The van der Waals surface area contributed by atoms with Crippen molar-refractivity contribution in [2.45, 2.75) is 31.8 Å². The molecule has 0 amide bonds. The standard InChI is InChI=1S/C27H28O6/c1-31-26(27(29)30)19-20-8-7-9-21(18-20)25(28)12-5-6-17-32-22-13-15-24(16-14-22)33-23-10-3-2-4-11-23/h2-4,7-11,13-16,18,26H,5-6,12,17,19H2,1H3,(H,29,30)/t26-/m0/s1. The van der Waals surface area contributed by atoms with E-state index in [0.29, 0.717) is 25.0 Å². The molecule has 0 aliphatic heterocycles. The van der Waals surface area contributed by atoms with Gasteiger partial charge in [-0.2, -0.15) is 0 Å². The Morgan fingerprint density at radius 2 is 1.55 bits per heavy atom. The van der Waals surface area contributed by atoms with Gasteiger partial charge in [0, 0.05) is 25.5 Å². The molecule has 0 bridgehead atoms. The minimum atomic E-state index is -1.02. The Kier molecular flexibility index (Phi) is 9.03. The van der Waals surface area contributed by atoms with Gasteiger partial charge in [0.05, 0.1) is 6.61 Å². The third-order valence-corrected chi connectivity index (χ3v) is 5.10. The molecule has 33 heavy (non-hydrogen) atoms. The van der Waals surface area contributed by atoms with Crippen LogP contribution in [0.2, 0.25) is 0 Å². The van der Waals surface area contributed by atoms with Gasteiger partial charge in [0.15, 0.2) is 11.9 Å². The van der Waals surface area contributed by atoms with Gasteiger partial charge in [-0.05, 0) is 60.9 Å². The maximum Gasteiger partial charge on any atom is 0.333 e. The number of aliphatic carboxylic acids is 1. The molecule has 0 heterocycles. The third-order valence-electron chi connectivity index (χ3n) is 5.10. The van der Waals surface area contributed by atoms with Gasteiger partial charge in [0.1, 0.15) is 17.2 Å². The number of methoxy groups -OCH3 is 1. The van der Waals surface area contributed by atoms with Crippen LogP contribution in [0, 0.1) is 0 Å². The number of hydrogen-bond acceptors (Lipinski definition) is 5. The fourth-order valence-corrected chi connectivity index (χ4v) is 3.31. The van der Waals surface area contributed by atoms with Crippen LogP contribution in [-0.2, 0) is 16.0 Å². The molecule has 0 saturated carbocycles. The van der Waals surface area contributed by atoms with E-state index >= 15 is 0 Å². The normalized spacial score (nSPS) is 11.5. The average Bonchev–Trinajstić information content (AvgIpc) is 2.84. The molecular weight excluding hydrogens is 420 g/mol. The largest absolute Gasteiger partial charge is 0.494 e. The smallest absolute Gasteiger partial charge is 0.333 e. The van der Waals surface area contributed by atoms with E-state index in [1.54, 1.807) is 24.3 Å². The van der Waals surface area contributed by atoms with Crippen molar-refractivity contribution >= 4 is 11.8 Å². The zero-order valence-electron chi connectivity index (χ0n) is 18.6. The molecule has 3 rings (SSSR count). The number of carbonyl (C=O) groups excluding carboxylic acids is 1. The lowest BCUT2D eigenvalue weighted by Crippen LogP contribution is -2.24. The second-order valence-corrected chi connectivity index (χ2v) is 7.58. The number of carboxylic acids is 1. The number of rotatable bonds is 13. The van der Waals surface area contributed by atoms with Crippen molar-refractivity contribution in [2.24, 2.45) is 0 Å². The van der Waals surface area contributed by atoms with Crippen LogP contribution in [0.5, 0.6) is 17.2 Å². The number of benzene rings is 3. The molecule has 3 aromatic carbocycles. The van der Waals surface area contributed by atoms with E-state index in [9.17, 15) is 9.59 Å². The minimum Gasteiger partial charge on any atom is -0.494 e. The summed E-state index contributed by atoms with van der Waals surface area (Å²) in [5.74, 6) is 1.28. The van der Waals surface area contributed by atoms with Gasteiger partial charge in [0.2, 0.25) is 0 Å². The van der Waals surface area contributed by atoms with Gasteiger partial charge in [-0.1, -0.05) is 36.4 Å². The highest BCUT2D eigenvalue weighted by Gasteiger charge is 2.17. The van der Waals surface area contributed by atoms with E-state index in [1.165, 1.54) is 7.11 Å². The van der Waals surface area contributed by atoms with Crippen LogP contribution in [0.25, 0.3) is 0 Å². The van der Waals surface area contributed by atoms with Gasteiger partial charge in [-0.15, -0.1) is 0 Å². The fraction of sp³-hybridized carbons (Fsp3) is 0.259. The molecular formula is C27H28O6. The van der Waals surface area contributed by atoms with E-state index in [-0.39, 0.29) is 12.2 Å². The molecule has 0 fully saturated rings. The zero-order valence-corrected chi connectivity index (χ0v) is 18.6. The molecule has 0 saturated heterocycles. The first-order valence-corrected chi connectivity index (χ1v) is 10.9. The van der Waals surface area contributed by atoms with Crippen molar-refractivity contribution in [2.75, 3.05) is 13.7 Å². The number of ketones is 1.